The van der Waals surface area contributed by atoms with Gasteiger partial charge in [-0.05, 0) is 35.9 Å². The number of aryl methyl sites for hydroxylation is 2. The van der Waals surface area contributed by atoms with Gasteiger partial charge in [-0.3, -0.25) is 0 Å². The lowest BCUT2D eigenvalue weighted by atomic mass is 10.0. The fraction of sp³-hybridized carbons (Fsp3) is 0.263. The van der Waals surface area contributed by atoms with Crippen molar-refractivity contribution >= 4 is 22.3 Å². The summed E-state index contributed by atoms with van der Waals surface area (Å²) in [5, 5.41) is 4.47. The molecular weight excluding hydrogens is 286 g/mol. The predicted octanol–water partition coefficient (Wildman–Crippen LogP) is 4.45. The van der Waals surface area contributed by atoms with Gasteiger partial charge in [-0.25, -0.2) is 0 Å². The molecule has 4 rings (SSSR count). The van der Waals surface area contributed by atoms with Gasteiger partial charge in [-0.15, -0.1) is 4.91 Å². The summed E-state index contributed by atoms with van der Waals surface area (Å²) in [5.41, 5.74) is 6.64. The van der Waals surface area contributed by atoms with E-state index >= 15 is 0 Å². The van der Waals surface area contributed by atoms with Crippen molar-refractivity contribution in [2.24, 2.45) is 12.2 Å². The van der Waals surface area contributed by atoms with Crippen LogP contribution in [0.3, 0.4) is 0 Å². The molecule has 0 amide bonds. The molecule has 2 aromatic carbocycles. The lowest BCUT2D eigenvalue weighted by molar-refractivity contribution is 0.694. The number of nitroso groups, excluding NO2 is 1. The van der Waals surface area contributed by atoms with E-state index in [1.54, 1.807) is 0 Å². The molecule has 3 aromatic rings. The van der Waals surface area contributed by atoms with Crippen LogP contribution in [-0.4, -0.2) is 11.1 Å². The van der Waals surface area contributed by atoms with Gasteiger partial charge in [0.1, 0.15) is 5.69 Å². The van der Waals surface area contributed by atoms with Crippen molar-refractivity contribution in [2.45, 2.75) is 19.9 Å². The Balaban J connectivity index is 1.77. The Kier molecular flexibility index (Phi) is 3.18. The van der Waals surface area contributed by atoms with Crippen LogP contribution in [0.5, 0.6) is 0 Å². The Bertz CT molecular complexity index is 910. The van der Waals surface area contributed by atoms with Crippen LogP contribution in [0.25, 0.3) is 10.9 Å². The summed E-state index contributed by atoms with van der Waals surface area (Å²) < 4.78 is 2.32. The molecule has 116 valence electrons. The predicted molar refractivity (Wildman–Crippen MR) is 94.3 cm³/mol. The summed E-state index contributed by atoms with van der Waals surface area (Å²) in [6.07, 6.45) is 1.01. The number of aromatic nitrogens is 1. The average molecular weight is 305 g/mol. The first-order valence-corrected chi connectivity index (χ1v) is 7.93. The minimum atomic E-state index is 0.534. The Morgan fingerprint density at radius 2 is 1.96 bits per heavy atom. The number of nitrogens with zero attached hydrogens (tertiary/aromatic N) is 3. The maximum Gasteiger partial charge on any atom is 0.112 e. The highest BCUT2D eigenvalue weighted by Gasteiger charge is 2.23. The molecule has 1 aliphatic heterocycles. The summed E-state index contributed by atoms with van der Waals surface area (Å²) in [6, 6.07) is 14.5. The highest BCUT2D eigenvalue weighted by Crippen LogP contribution is 2.33. The van der Waals surface area contributed by atoms with E-state index in [1.807, 2.05) is 19.1 Å². The van der Waals surface area contributed by atoms with Gasteiger partial charge in [0.2, 0.25) is 0 Å². The first-order valence-electron chi connectivity index (χ1n) is 7.93. The molecule has 0 N–H and O–H groups in total. The Morgan fingerprint density at radius 1 is 1.13 bits per heavy atom. The number of hydrogen-bond donors (Lipinski definition) is 0. The van der Waals surface area contributed by atoms with Crippen molar-refractivity contribution in [2.75, 3.05) is 11.4 Å². The van der Waals surface area contributed by atoms with Crippen LogP contribution < -0.4 is 4.90 Å². The van der Waals surface area contributed by atoms with E-state index in [0.29, 0.717) is 5.69 Å². The number of para-hydroxylation sites is 1. The molecule has 1 aromatic heterocycles. The molecule has 2 heterocycles. The van der Waals surface area contributed by atoms with E-state index in [1.165, 1.54) is 22.2 Å². The van der Waals surface area contributed by atoms with Gasteiger partial charge in [-0.2, -0.15) is 0 Å². The zero-order chi connectivity index (χ0) is 16.0. The van der Waals surface area contributed by atoms with Crippen LogP contribution in [0.4, 0.5) is 11.4 Å². The highest BCUT2D eigenvalue weighted by atomic mass is 16.3. The van der Waals surface area contributed by atoms with Crippen LogP contribution in [0.15, 0.2) is 47.6 Å². The van der Waals surface area contributed by atoms with Gasteiger partial charge in [0.25, 0.3) is 0 Å². The van der Waals surface area contributed by atoms with Crippen LogP contribution >= 0.6 is 0 Å². The minimum absolute atomic E-state index is 0.534. The third-order valence-corrected chi connectivity index (χ3v) is 4.97. The second-order valence-corrected chi connectivity index (χ2v) is 6.24. The van der Waals surface area contributed by atoms with Crippen LogP contribution in [0.2, 0.25) is 0 Å². The smallest absolute Gasteiger partial charge is 0.112 e. The summed E-state index contributed by atoms with van der Waals surface area (Å²) in [4.78, 5) is 13.3. The number of hydrogen-bond acceptors (Lipinski definition) is 3. The second kappa shape index (κ2) is 5.23. The van der Waals surface area contributed by atoms with Crippen LogP contribution in [0, 0.1) is 11.8 Å². The summed E-state index contributed by atoms with van der Waals surface area (Å²) in [5.74, 6) is 0. The molecule has 0 unspecified atom stereocenters. The van der Waals surface area contributed by atoms with E-state index in [2.05, 4.69) is 52.0 Å². The van der Waals surface area contributed by atoms with Gasteiger partial charge in [0, 0.05) is 54.4 Å². The molecule has 0 saturated carbocycles. The zero-order valence-corrected chi connectivity index (χ0v) is 13.4. The van der Waals surface area contributed by atoms with Crippen molar-refractivity contribution in [3.8, 4) is 0 Å². The normalized spacial score (nSPS) is 14.1. The van der Waals surface area contributed by atoms with E-state index in [9.17, 15) is 4.91 Å². The zero-order valence-electron chi connectivity index (χ0n) is 13.4. The first kappa shape index (κ1) is 14.0. The first-order chi connectivity index (χ1) is 11.2. The van der Waals surface area contributed by atoms with Crippen molar-refractivity contribution in [3.05, 3.63) is 64.2 Å². The third kappa shape index (κ3) is 2.13. The van der Waals surface area contributed by atoms with E-state index < -0.39 is 0 Å². The van der Waals surface area contributed by atoms with E-state index in [-0.39, 0.29) is 0 Å². The van der Waals surface area contributed by atoms with Crippen LogP contribution in [0.1, 0.15) is 16.8 Å². The topological polar surface area (TPSA) is 37.6 Å². The molecule has 0 saturated heterocycles. The monoisotopic (exact) mass is 305 g/mol. The molecule has 0 spiro atoms. The molecule has 1 aliphatic rings. The summed E-state index contributed by atoms with van der Waals surface area (Å²) in [7, 11) is 2.15. The van der Waals surface area contributed by atoms with Crippen molar-refractivity contribution < 1.29 is 0 Å². The highest BCUT2D eigenvalue weighted by molar-refractivity contribution is 5.86. The van der Waals surface area contributed by atoms with Gasteiger partial charge >= 0.3 is 0 Å². The molecule has 0 fully saturated rings. The molecule has 0 aliphatic carbocycles. The van der Waals surface area contributed by atoms with Gasteiger partial charge < -0.3 is 9.47 Å². The maximum absolute atomic E-state index is 11.0. The molecular formula is C19H19N3O. The molecule has 0 bridgehead atoms. The average Bonchev–Trinajstić information content (AvgIpc) is 2.88. The van der Waals surface area contributed by atoms with Gasteiger partial charge in [0.15, 0.2) is 0 Å². The fourth-order valence-electron chi connectivity index (χ4n) is 3.64. The lowest BCUT2D eigenvalue weighted by Crippen LogP contribution is -2.30. The molecule has 4 heteroatoms. The Hall–Kier alpha value is -2.62. The van der Waals surface area contributed by atoms with Gasteiger partial charge in [0.05, 0.1) is 0 Å². The second-order valence-electron chi connectivity index (χ2n) is 6.24. The number of benzene rings is 2. The van der Waals surface area contributed by atoms with Crippen molar-refractivity contribution in [1.29, 1.82) is 0 Å². The molecule has 4 nitrogen and oxygen atoms in total. The van der Waals surface area contributed by atoms with Crippen LogP contribution in [-0.2, 0) is 20.0 Å². The number of rotatable bonds is 2. The SMILES string of the molecule is Cc1ccc(N2CCc3c(c4ccccc4n3C)C2)cc1N=O. The molecule has 23 heavy (non-hydrogen) atoms. The maximum atomic E-state index is 11.0. The van der Waals surface area contributed by atoms with Gasteiger partial charge in [-0.1, -0.05) is 24.3 Å². The van der Waals surface area contributed by atoms with E-state index in [4.69, 9.17) is 0 Å². The summed E-state index contributed by atoms with van der Waals surface area (Å²) in [6.45, 7) is 3.75. The molecule has 0 atom stereocenters. The molecule has 0 radical (unpaired) electrons. The van der Waals surface area contributed by atoms with E-state index in [0.717, 1.165) is 30.8 Å². The van der Waals surface area contributed by atoms with Crippen molar-refractivity contribution in [3.63, 3.8) is 0 Å². The Labute approximate surface area is 135 Å². The third-order valence-electron chi connectivity index (χ3n) is 4.97. The lowest BCUT2D eigenvalue weighted by Gasteiger charge is -2.30. The number of fused-ring (bicyclic) bond motifs is 3. The Morgan fingerprint density at radius 3 is 2.78 bits per heavy atom. The summed E-state index contributed by atoms with van der Waals surface area (Å²) >= 11 is 0. The minimum Gasteiger partial charge on any atom is -0.367 e. The number of anilines is 1. The van der Waals surface area contributed by atoms with Crippen molar-refractivity contribution in [1.82, 2.24) is 4.57 Å². The largest absolute Gasteiger partial charge is 0.367 e. The fourth-order valence-corrected chi connectivity index (χ4v) is 3.64. The standard InChI is InChI=1S/C19H19N3O/c1-13-7-8-14(11-17(13)20-23)22-10-9-19-16(12-22)15-5-3-4-6-18(15)21(19)2/h3-8,11H,9-10,12H2,1-2H3. The quantitative estimate of drug-likeness (QED) is 0.656.